The van der Waals surface area contributed by atoms with Crippen LogP contribution >= 0.6 is 0 Å². The monoisotopic (exact) mass is 419 g/mol. The van der Waals surface area contributed by atoms with Crippen LogP contribution in [0.4, 0.5) is 0 Å². The molecule has 0 N–H and O–H groups in total. The number of sulfonamides is 1. The Labute approximate surface area is 171 Å². The fraction of sp³-hybridized carbons (Fsp3) is 0.550. The molecule has 8 nitrogen and oxygen atoms in total. The molecule has 156 valence electrons. The quantitative estimate of drug-likeness (QED) is 0.647. The topological polar surface area (TPSA) is 108 Å². The van der Waals surface area contributed by atoms with Crippen molar-refractivity contribution in [2.75, 3.05) is 32.8 Å². The average Bonchev–Trinajstić information content (AvgIpc) is 3.25. The zero-order valence-electron chi connectivity index (χ0n) is 16.2. The lowest BCUT2D eigenvalue weighted by Gasteiger charge is -2.34. The van der Waals surface area contributed by atoms with E-state index in [0.717, 1.165) is 25.7 Å². The second kappa shape index (κ2) is 9.37. The van der Waals surface area contributed by atoms with Crippen LogP contribution in [0.2, 0.25) is 0 Å². The van der Waals surface area contributed by atoms with Crippen molar-refractivity contribution in [1.82, 2.24) is 9.21 Å². The van der Waals surface area contributed by atoms with Gasteiger partial charge in [-0.05, 0) is 30.9 Å². The lowest BCUT2D eigenvalue weighted by atomic mass is 10.0. The van der Waals surface area contributed by atoms with E-state index in [1.54, 1.807) is 12.1 Å². The van der Waals surface area contributed by atoms with E-state index in [-0.39, 0.29) is 55.1 Å². The van der Waals surface area contributed by atoms with E-state index in [0.29, 0.717) is 12.3 Å². The molecule has 1 saturated carbocycles. The zero-order chi connectivity index (χ0) is 20.9. The number of amides is 1. The molecular formula is C20H25N3O5S. The highest BCUT2D eigenvalue weighted by Crippen LogP contribution is 2.27. The van der Waals surface area contributed by atoms with Gasteiger partial charge in [0.15, 0.2) is 6.61 Å². The van der Waals surface area contributed by atoms with Gasteiger partial charge in [-0.1, -0.05) is 25.0 Å². The molecule has 1 aliphatic heterocycles. The molecule has 0 aromatic heterocycles. The van der Waals surface area contributed by atoms with Gasteiger partial charge in [0.2, 0.25) is 10.0 Å². The molecule has 0 atom stereocenters. The molecule has 0 unspecified atom stereocenters. The first-order valence-electron chi connectivity index (χ1n) is 9.84. The van der Waals surface area contributed by atoms with Crippen LogP contribution in [0.1, 0.15) is 37.7 Å². The van der Waals surface area contributed by atoms with Crippen molar-refractivity contribution in [2.45, 2.75) is 37.0 Å². The second-order valence-corrected chi connectivity index (χ2v) is 9.31. The molecule has 0 bridgehead atoms. The van der Waals surface area contributed by atoms with Crippen LogP contribution in [0.5, 0.6) is 0 Å². The molecule has 2 fully saturated rings. The van der Waals surface area contributed by atoms with Crippen molar-refractivity contribution < 1.29 is 22.7 Å². The Morgan fingerprint density at radius 3 is 2.41 bits per heavy atom. The Balaban J connectivity index is 1.50. The molecule has 1 saturated heterocycles. The lowest BCUT2D eigenvalue weighted by Crippen LogP contribution is -2.51. The first-order chi connectivity index (χ1) is 13.9. The van der Waals surface area contributed by atoms with Gasteiger partial charge in [0, 0.05) is 32.6 Å². The van der Waals surface area contributed by atoms with Crippen molar-refractivity contribution in [2.24, 2.45) is 5.92 Å². The molecule has 0 spiro atoms. The number of hydrogen-bond acceptors (Lipinski definition) is 6. The third kappa shape index (κ3) is 5.14. The van der Waals surface area contributed by atoms with Crippen molar-refractivity contribution >= 4 is 21.9 Å². The predicted octanol–water partition coefficient (Wildman–Crippen LogP) is 1.51. The first-order valence-corrected chi connectivity index (χ1v) is 11.3. The van der Waals surface area contributed by atoms with Gasteiger partial charge in [-0.3, -0.25) is 9.59 Å². The van der Waals surface area contributed by atoms with E-state index in [1.807, 2.05) is 6.07 Å². The summed E-state index contributed by atoms with van der Waals surface area (Å²) in [6, 6.07) is 7.97. The fourth-order valence-electron chi connectivity index (χ4n) is 3.84. The van der Waals surface area contributed by atoms with Gasteiger partial charge in [0.1, 0.15) is 6.07 Å². The number of piperazine rings is 1. The van der Waals surface area contributed by atoms with Crippen LogP contribution < -0.4 is 0 Å². The van der Waals surface area contributed by atoms with E-state index >= 15 is 0 Å². The summed E-state index contributed by atoms with van der Waals surface area (Å²) in [6.07, 6.45) is 4.71. The molecule has 1 heterocycles. The van der Waals surface area contributed by atoms with Crippen LogP contribution in [-0.4, -0.2) is 62.3 Å². The number of carbonyl (C=O) groups is 2. The van der Waals surface area contributed by atoms with Crippen molar-refractivity contribution in [3.05, 3.63) is 29.8 Å². The third-order valence-corrected chi connectivity index (χ3v) is 7.46. The first kappa shape index (κ1) is 21.3. The van der Waals surface area contributed by atoms with Gasteiger partial charge < -0.3 is 9.64 Å². The van der Waals surface area contributed by atoms with E-state index in [1.165, 1.54) is 21.3 Å². The summed E-state index contributed by atoms with van der Waals surface area (Å²) in [7, 11) is -3.81. The van der Waals surface area contributed by atoms with Gasteiger partial charge in [-0.15, -0.1) is 0 Å². The normalized spacial score (nSPS) is 18.4. The van der Waals surface area contributed by atoms with E-state index in [9.17, 15) is 18.0 Å². The minimum absolute atomic E-state index is 0.0249. The highest BCUT2D eigenvalue weighted by atomic mass is 32.2. The molecule has 29 heavy (non-hydrogen) atoms. The molecular weight excluding hydrogens is 394 g/mol. The molecule has 1 aromatic rings. The maximum Gasteiger partial charge on any atom is 0.306 e. The number of ether oxygens (including phenoxy) is 1. The molecule has 3 rings (SSSR count). The van der Waals surface area contributed by atoms with Gasteiger partial charge in [-0.25, -0.2) is 8.42 Å². The summed E-state index contributed by atoms with van der Waals surface area (Å²) in [5.41, 5.74) is 0.0974. The smallest absolute Gasteiger partial charge is 0.306 e. The Bertz CT molecular complexity index is 895. The maximum atomic E-state index is 12.8. The lowest BCUT2D eigenvalue weighted by molar-refractivity contribution is -0.153. The highest BCUT2D eigenvalue weighted by Gasteiger charge is 2.32. The highest BCUT2D eigenvalue weighted by molar-refractivity contribution is 7.89. The average molecular weight is 420 g/mol. The minimum Gasteiger partial charge on any atom is -0.456 e. The van der Waals surface area contributed by atoms with Crippen molar-refractivity contribution in [1.29, 1.82) is 5.26 Å². The van der Waals surface area contributed by atoms with Crippen LogP contribution in [0, 0.1) is 17.2 Å². The summed E-state index contributed by atoms with van der Waals surface area (Å²) >= 11 is 0. The molecule has 1 aliphatic carbocycles. The summed E-state index contributed by atoms with van der Waals surface area (Å²) < 4.78 is 32.0. The number of carbonyl (C=O) groups excluding carboxylic acids is 2. The van der Waals surface area contributed by atoms with E-state index < -0.39 is 10.0 Å². The summed E-state index contributed by atoms with van der Waals surface area (Å²) in [6.45, 7) is 0.378. The van der Waals surface area contributed by atoms with Gasteiger partial charge in [0.05, 0.1) is 10.5 Å². The Morgan fingerprint density at radius 2 is 1.76 bits per heavy atom. The molecule has 9 heteroatoms. The summed E-state index contributed by atoms with van der Waals surface area (Å²) in [5.74, 6) is -0.304. The molecule has 2 aliphatic rings. The van der Waals surface area contributed by atoms with Crippen molar-refractivity contribution in [3.8, 4) is 6.07 Å². The minimum atomic E-state index is -3.81. The van der Waals surface area contributed by atoms with Crippen LogP contribution in [-0.2, 0) is 24.3 Å². The van der Waals surface area contributed by atoms with Gasteiger partial charge in [-0.2, -0.15) is 9.57 Å². The summed E-state index contributed by atoms with van der Waals surface area (Å²) in [4.78, 5) is 25.7. The Kier molecular flexibility index (Phi) is 6.87. The number of benzene rings is 1. The number of nitriles is 1. The maximum absolute atomic E-state index is 12.8. The number of esters is 1. The molecule has 0 radical (unpaired) electrons. The molecule has 1 aromatic carbocycles. The molecule has 1 amide bonds. The second-order valence-electron chi connectivity index (χ2n) is 7.41. The number of nitrogens with zero attached hydrogens (tertiary/aromatic N) is 3. The van der Waals surface area contributed by atoms with Crippen molar-refractivity contribution in [3.63, 3.8) is 0 Å². The van der Waals surface area contributed by atoms with Gasteiger partial charge >= 0.3 is 5.97 Å². The fourth-order valence-corrected chi connectivity index (χ4v) is 5.41. The standard InChI is InChI=1S/C20H25N3O5S/c21-14-17-7-3-4-8-18(17)29(26,27)23-11-9-22(10-12-23)19(24)15-28-20(25)13-16-5-1-2-6-16/h3-4,7-8,16H,1-2,5-6,9-13,15H2. The number of hydrogen-bond donors (Lipinski definition) is 0. The SMILES string of the molecule is N#Cc1ccccc1S(=O)(=O)N1CCN(C(=O)COC(=O)CC2CCCC2)CC1. The third-order valence-electron chi connectivity index (χ3n) is 5.50. The Hall–Kier alpha value is -2.44. The van der Waals surface area contributed by atoms with Gasteiger partial charge in [0.25, 0.3) is 5.91 Å². The van der Waals surface area contributed by atoms with Crippen LogP contribution in [0.15, 0.2) is 29.2 Å². The van der Waals surface area contributed by atoms with Crippen LogP contribution in [0.25, 0.3) is 0 Å². The van der Waals surface area contributed by atoms with Crippen LogP contribution in [0.3, 0.4) is 0 Å². The Morgan fingerprint density at radius 1 is 1.10 bits per heavy atom. The van der Waals surface area contributed by atoms with E-state index in [2.05, 4.69) is 0 Å². The van der Waals surface area contributed by atoms with E-state index in [4.69, 9.17) is 10.00 Å². The largest absolute Gasteiger partial charge is 0.456 e. The number of rotatable bonds is 6. The predicted molar refractivity (Wildman–Crippen MR) is 104 cm³/mol. The zero-order valence-corrected chi connectivity index (χ0v) is 17.1. The summed E-state index contributed by atoms with van der Waals surface area (Å²) in [5, 5.41) is 9.16.